The van der Waals surface area contributed by atoms with E-state index in [0.717, 1.165) is 68.6 Å². The number of aromatic hydroxyl groups is 1. The summed E-state index contributed by atoms with van der Waals surface area (Å²) in [6.07, 6.45) is 8.03. The fraction of sp³-hybridized carbons (Fsp3) is 0.375. The maximum absolute atomic E-state index is 12.5. The number of hydrogen-bond acceptors (Lipinski definition) is 3. The molecule has 1 atom stereocenters. The van der Waals surface area contributed by atoms with E-state index in [9.17, 15) is 9.50 Å². The number of aryl methyl sites for hydroxylation is 1. The number of ether oxygens (including phenoxy) is 1. The highest BCUT2D eigenvalue weighted by Gasteiger charge is 2.24. The van der Waals surface area contributed by atoms with Gasteiger partial charge in [0.25, 0.3) is 0 Å². The van der Waals surface area contributed by atoms with Crippen molar-refractivity contribution in [3.8, 4) is 22.6 Å². The lowest BCUT2D eigenvalue weighted by molar-refractivity contribution is 0.198. The summed E-state index contributed by atoms with van der Waals surface area (Å²) < 4.78 is 18.7. The van der Waals surface area contributed by atoms with Crippen LogP contribution < -0.4 is 4.74 Å². The number of fused-ring (bicyclic) bond motifs is 1. The third kappa shape index (κ3) is 5.19. The largest absolute Gasteiger partial charge is 0.507 e. The molecule has 1 fully saturated rings. The molecule has 188 valence electrons. The van der Waals surface area contributed by atoms with Gasteiger partial charge in [-0.1, -0.05) is 55.5 Å². The molecule has 5 rings (SSSR count). The number of likely N-dealkylation sites (tertiary alicyclic amines) is 1. The van der Waals surface area contributed by atoms with Crippen LogP contribution in [0.15, 0.2) is 66.7 Å². The minimum Gasteiger partial charge on any atom is -0.507 e. The fourth-order valence-electron chi connectivity index (χ4n) is 5.71. The molecule has 0 spiro atoms. The van der Waals surface area contributed by atoms with Crippen LogP contribution >= 0.6 is 0 Å². The van der Waals surface area contributed by atoms with Gasteiger partial charge in [0.05, 0.1) is 6.67 Å². The van der Waals surface area contributed by atoms with Gasteiger partial charge in [0.15, 0.2) is 0 Å². The zero-order valence-corrected chi connectivity index (χ0v) is 21.2. The summed E-state index contributed by atoms with van der Waals surface area (Å²) in [5.41, 5.74) is 8.21. The average Bonchev–Trinajstić information content (AvgIpc) is 3.24. The molecule has 0 radical (unpaired) electrons. The number of halogens is 1. The van der Waals surface area contributed by atoms with Crippen LogP contribution in [0.3, 0.4) is 0 Å². The molecule has 0 saturated carbocycles. The highest BCUT2D eigenvalue weighted by molar-refractivity contribution is 5.88. The molecule has 1 heterocycles. The Labute approximate surface area is 214 Å². The van der Waals surface area contributed by atoms with Gasteiger partial charge in [-0.05, 0) is 90.1 Å². The predicted octanol–water partition coefficient (Wildman–Crippen LogP) is 7.20. The second-order valence-corrected chi connectivity index (χ2v) is 9.90. The van der Waals surface area contributed by atoms with E-state index in [1.54, 1.807) is 0 Å². The summed E-state index contributed by atoms with van der Waals surface area (Å²) in [7, 11) is 0. The van der Waals surface area contributed by atoms with Crippen LogP contribution in [0.25, 0.3) is 16.7 Å². The normalized spacial score (nSPS) is 17.9. The molecular weight excluding hydrogens is 449 g/mol. The second kappa shape index (κ2) is 11.3. The van der Waals surface area contributed by atoms with Crippen molar-refractivity contribution in [2.45, 2.75) is 51.6 Å². The first-order valence-corrected chi connectivity index (χ1v) is 13.4. The van der Waals surface area contributed by atoms with Crippen molar-refractivity contribution in [3.63, 3.8) is 0 Å². The van der Waals surface area contributed by atoms with Crippen LogP contribution in [0.4, 0.5) is 4.39 Å². The first-order chi connectivity index (χ1) is 17.7. The van der Waals surface area contributed by atoms with E-state index in [1.165, 1.54) is 27.8 Å². The molecule has 1 aliphatic heterocycles. The summed E-state index contributed by atoms with van der Waals surface area (Å²) in [4.78, 5) is 2.29. The number of hydrogen-bond donors (Lipinski definition) is 1. The van der Waals surface area contributed by atoms with Crippen molar-refractivity contribution in [3.05, 3.63) is 89.0 Å². The Morgan fingerprint density at radius 1 is 1.03 bits per heavy atom. The van der Waals surface area contributed by atoms with Gasteiger partial charge >= 0.3 is 0 Å². The first kappa shape index (κ1) is 24.6. The molecule has 1 N–H and O–H groups in total. The van der Waals surface area contributed by atoms with Gasteiger partial charge < -0.3 is 9.84 Å². The van der Waals surface area contributed by atoms with E-state index in [1.807, 2.05) is 6.07 Å². The Hall–Kier alpha value is -3.11. The highest BCUT2D eigenvalue weighted by atomic mass is 19.1. The number of nitrogens with zero attached hydrogens (tertiary/aromatic N) is 1. The number of phenolic OH excluding ortho intramolecular Hbond substituents is 1. The van der Waals surface area contributed by atoms with E-state index in [0.29, 0.717) is 12.2 Å². The van der Waals surface area contributed by atoms with Crippen molar-refractivity contribution in [1.82, 2.24) is 4.90 Å². The fourth-order valence-corrected chi connectivity index (χ4v) is 5.71. The van der Waals surface area contributed by atoms with Gasteiger partial charge in [0.1, 0.15) is 17.6 Å². The molecule has 1 aliphatic carbocycles. The van der Waals surface area contributed by atoms with Gasteiger partial charge in [-0.2, -0.15) is 0 Å². The van der Waals surface area contributed by atoms with Crippen molar-refractivity contribution in [2.24, 2.45) is 0 Å². The molecular formula is C32H36FNO2. The third-order valence-electron chi connectivity index (χ3n) is 7.53. The van der Waals surface area contributed by atoms with E-state index in [4.69, 9.17) is 4.74 Å². The summed E-state index contributed by atoms with van der Waals surface area (Å²) in [5, 5.41) is 11.0. The number of benzene rings is 3. The quantitative estimate of drug-likeness (QED) is 0.366. The summed E-state index contributed by atoms with van der Waals surface area (Å²) in [6, 6.07) is 20.8. The number of alkyl halides is 1. The van der Waals surface area contributed by atoms with Crippen molar-refractivity contribution in [1.29, 1.82) is 0 Å². The summed E-state index contributed by atoms with van der Waals surface area (Å²) in [5.74, 6) is 1.24. The molecule has 0 amide bonds. The minimum atomic E-state index is -0.255. The van der Waals surface area contributed by atoms with E-state index < -0.39 is 0 Å². The average molecular weight is 486 g/mol. The number of phenols is 1. The Bertz CT molecular complexity index is 1220. The molecule has 3 aromatic carbocycles. The molecule has 3 aromatic rings. The smallest absolute Gasteiger partial charge is 0.123 e. The Balaban J connectivity index is 1.41. The standard InChI is InChI=1S/C32H36FNO2/c1-2-23-8-3-4-10-28(23)32-30-11-6-5-9-27(29(30)16-17-31(32)35)24-12-14-25(15-13-24)36-26-18-21-34(22-26)20-7-19-33/h3-4,8-10,12-17,26,35H,2,5-7,11,18-22H2,1H3/t26-/m0/s1. The van der Waals surface area contributed by atoms with Crippen molar-refractivity contribution in [2.75, 3.05) is 26.3 Å². The van der Waals surface area contributed by atoms with E-state index in [2.05, 4.69) is 72.5 Å². The summed E-state index contributed by atoms with van der Waals surface area (Å²) >= 11 is 0. The van der Waals surface area contributed by atoms with Gasteiger partial charge in [0, 0.05) is 25.2 Å². The van der Waals surface area contributed by atoms with E-state index >= 15 is 0 Å². The molecule has 0 aromatic heterocycles. The van der Waals surface area contributed by atoms with Gasteiger partial charge in [0.2, 0.25) is 0 Å². The Morgan fingerprint density at radius 3 is 2.67 bits per heavy atom. The SMILES string of the molecule is CCc1ccccc1-c1c(O)ccc2c1CCCC=C2c1ccc(O[C@H]2CCN(CCCF)C2)cc1. The Kier molecular flexibility index (Phi) is 7.72. The lowest BCUT2D eigenvalue weighted by Gasteiger charge is -2.19. The molecule has 36 heavy (non-hydrogen) atoms. The molecule has 0 bridgehead atoms. The summed E-state index contributed by atoms with van der Waals surface area (Å²) in [6.45, 7) is 4.56. The maximum atomic E-state index is 12.5. The molecule has 3 nitrogen and oxygen atoms in total. The van der Waals surface area contributed by atoms with Gasteiger partial charge in [-0.25, -0.2) is 0 Å². The van der Waals surface area contributed by atoms with Gasteiger partial charge in [-0.15, -0.1) is 0 Å². The number of rotatable bonds is 8. The molecule has 0 unspecified atom stereocenters. The second-order valence-electron chi connectivity index (χ2n) is 9.90. The zero-order chi connectivity index (χ0) is 24.9. The van der Waals surface area contributed by atoms with Crippen LogP contribution in [0.2, 0.25) is 0 Å². The maximum Gasteiger partial charge on any atom is 0.123 e. The molecule has 2 aliphatic rings. The van der Waals surface area contributed by atoms with Crippen molar-refractivity contribution < 1.29 is 14.2 Å². The lowest BCUT2D eigenvalue weighted by atomic mass is 9.86. The van der Waals surface area contributed by atoms with Crippen LogP contribution in [0, 0.1) is 0 Å². The highest BCUT2D eigenvalue weighted by Crippen LogP contribution is 2.42. The molecule has 4 heteroatoms. The van der Waals surface area contributed by atoms with Crippen molar-refractivity contribution >= 4 is 5.57 Å². The molecule has 1 saturated heterocycles. The third-order valence-corrected chi connectivity index (χ3v) is 7.53. The van der Waals surface area contributed by atoms with Crippen LogP contribution in [-0.4, -0.2) is 42.4 Å². The minimum absolute atomic E-state index is 0.164. The monoisotopic (exact) mass is 485 g/mol. The predicted molar refractivity (Wildman–Crippen MR) is 145 cm³/mol. The Morgan fingerprint density at radius 2 is 1.86 bits per heavy atom. The van der Waals surface area contributed by atoms with Gasteiger partial charge in [-0.3, -0.25) is 9.29 Å². The zero-order valence-electron chi connectivity index (χ0n) is 21.2. The van der Waals surface area contributed by atoms with Crippen LogP contribution in [0.1, 0.15) is 54.9 Å². The lowest BCUT2D eigenvalue weighted by Crippen LogP contribution is -2.26. The van der Waals surface area contributed by atoms with Crippen LogP contribution in [-0.2, 0) is 12.8 Å². The first-order valence-electron chi connectivity index (χ1n) is 13.4. The van der Waals surface area contributed by atoms with Crippen LogP contribution in [0.5, 0.6) is 11.5 Å². The van der Waals surface area contributed by atoms with E-state index in [-0.39, 0.29) is 12.8 Å². The number of allylic oxidation sites excluding steroid dienone is 1. The topological polar surface area (TPSA) is 32.7 Å².